The Morgan fingerprint density at radius 2 is 1.86 bits per heavy atom. The minimum Gasteiger partial charge on any atom is -0.370 e. The highest BCUT2D eigenvalue weighted by molar-refractivity contribution is 7.98. The van der Waals surface area contributed by atoms with E-state index in [-0.39, 0.29) is 0 Å². The molecule has 0 spiro atoms. The Balaban J connectivity index is 2.14. The van der Waals surface area contributed by atoms with Crippen LogP contribution in [0.3, 0.4) is 0 Å². The average molecular weight is 301 g/mol. The van der Waals surface area contributed by atoms with Crippen molar-refractivity contribution in [3.63, 3.8) is 0 Å². The van der Waals surface area contributed by atoms with Crippen LogP contribution in [0.15, 0.2) is 35.2 Å². The van der Waals surface area contributed by atoms with Crippen LogP contribution in [0, 0.1) is 6.92 Å². The van der Waals surface area contributed by atoms with Crippen molar-refractivity contribution in [1.29, 1.82) is 0 Å². The van der Waals surface area contributed by atoms with Crippen molar-refractivity contribution in [1.82, 2.24) is 9.97 Å². The van der Waals surface area contributed by atoms with Gasteiger partial charge >= 0.3 is 0 Å². The molecule has 0 saturated heterocycles. The number of nitrogens with zero attached hydrogens (tertiary/aromatic N) is 2. The standard InChI is InChI=1S/C17H23N3S/c1-4-11-18-17-15(5-2)13(3)19-16(20-17)12-21-14-9-7-6-8-10-14/h6-10H,4-5,11-12H2,1-3H3,(H,18,19,20). The van der Waals surface area contributed by atoms with Gasteiger partial charge in [-0.15, -0.1) is 11.8 Å². The number of hydrogen-bond donors (Lipinski definition) is 1. The molecule has 1 aromatic carbocycles. The Morgan fingerprint density at radius 3 is 2.52 bits per heavy atom. The largest absolute Gasteiger partial charge is 0.370 e. The van der Waals surface area contributed by atoms with Crippen LogP contribution in [0.2, 0.25) is 0 Å². The molecule has 0 saturated carbocycles. The molecule has 0 atom stereocenters. The Hall–Kier alpha value is -1.55. The van der Waals surface area contributed by atoms with E-state index in [0.717, 1.165) is 42.5 Å². The summed E-state index contributed by atoms with van der Waals surface area (Å²) in [6.07, 6.45) is 2.06. The van der Waals surface area contributed by atoms with Crippen LogP contribution in [0.4, 0.5) is 5.82 Å². The van der Waals surface area contributed by atoms with Crippen molar-refractivity contribution in [3.05, 3.63) is 47.4 Å². The molecule has 1 aromatic heterocycles. The van der Waals surface area contributed by atoms with E-state index in [2.05, 4.69) is 55.3 Å². The molecule has 0 aliphatic heterocycles. The minimum absolute atomic E-state index is 0.801. The summed E-state index contributed by atoms with van der Waals surface area (Å²) in [4.78, 5) is 10.6. The maximum atomic E-state index is 4.71. The Bertz CT molecular complexity index is 570. The first-order chi connectivity index (χ1) is 10.2. The highest BCUT2D eigenvalue weighted by Gasteiger charge is 2.10. The summed E-state index contributed by atoms with van der Waals surface area (Å²) in [5.74, 6) is 2.71. The zero-order valence-corrected chi connectivity index (χ0v) is 13.8. The van der Waals surface area contributed by atoms with Crippen molar-refractivity contribution >= 4 is 17.6 Å². The van der Waals surface area contributed by atoms with Gasteiger partial charge in [0.2, 0.25) is 0 Å². The van der Waals surface area contributed by atoms with Crippen molar-refractivity contribution < 1.29 is 0 Å². The van der Waals surface area contributed by atoms with Gasteiger partial charge in [-0.2, -0.15) is 0 Å². The van der Waals surface area contributed by atoms with Crippen LogP contribution in [0.5, 0.6) is 0 Å². The molecule has 0 aliphatic rings. The Morgan fingerprint density at radius 1 is 1.10 bits per heavy atom. The monoisotopic (exact) mass is 301 g/mol. The van der Waals surface area contributed by atoms with Crippen LogP contribution >= 0.6 is 11.8 Å². The van der Waals surface area contributed by atoms with Gasteiger partial charge < -0.3 is 5.32 Å². The quantitative estimate of drug-likeness (QED) is 0.766. The Kier molecular flexibility index (Phi) is 6.05. The normalized spacial score (nSPS) is 10.6. The fourth-order valence-electron chi connectivity index (χ4n) is 2.20. The molecule has 0 radical (unpaired) electrons. The van der Waals surface area contributed by atoms with E-state index >= 15 is 0 Å². The molecular formula is C17H23N3S. The second-order valence-electron chi connectivity index (χ2n) is 4.93. The third kappa shape index (κ3) is 4.46. The summed E-state index contributed by atoms with van der Waals surface area (Å²) in [6, 6.07) is 10.4. The van der Waals surface area contributed by atoms with Gasteiger partial charge in [0, 0.05) is 22.7 Å². The molecule has 0 fully saturated rings. The molecule has 0 bridgehead atoms. The molecule has 0 aliphatic carbocycles. The molecule has 1 heterocycles. The van der Waals surface area contributed by atoms with E-state index in [1.54, 1.807) is 11.8 Å². The van der Waals surface area contributed by atoms with Crippen molar-refractivity contribution in [2.24, 2.45) is 0 Å². The minimum atomic E-state index is 0.801. The summed E-state index contributed by atoms with van der Waals surface area (Å²) < 4.78 is 0. The molecule has 21 heavy (non-hydrogen) atoms. The van der Waals surface area contributed by atoms with Crippen molar-refractivity contribution in [2.45, 2.75) is 44.3 Å². The lowest BCUT2D eigenvalue weighted by Crippen LogP contribution is -2.10. The predicted octanol–water partition coefficient (Wildman–Crippen LogP) is 4.46. The Labute approximate surface area is 131 Å². The van der Waals surface area contributed by atoms with Crippen LogP contribution in [0.1, 0.15) is 37.4 Å². The predicted molar refractivity (Wildman–Crippen MR) is 90.9 cm³/mol. The van der Waals surface area contributed by atoms with Gasteiger partial charge in [0.1, 0.15) is 11.6 Å². The van der Waals surface area contributed by atoms with Gasteiger partial charge in [-0.25, -0.2) is 9.97 Å². The van der Waals surface area contributed by atoms with E-state index < -0.39 is 0 Å². The molecule has 3 nitrogen and oxygen atoms in total. The number of benzene rings is 1. The molecule has 2 rings (SSSR count). The van der Waals surface area contributed by atoms with Gasteiger partial charge in [-0.05, 0) is 31.9 Å². The van der Waals surface area contributed by atoms with E-state index in [1.165, 1.54) is 10.5 Å². The molecule has 2 aromatic rings. The highest BCUT2D eigenvalue weighted by Crippen LogP contribution is 2.23. The number of nitrogens with one attached hydrogen (secondary N) is 1. The summed E-state index contributed by atoms with van der Waals surface area (Å²) in [5, 5.41) is 3.43. The summed E-state index contributed by atoms with van der Waals surface area (Å²) in [5.41, 5.74) is 2.33. The van der Waals surface area contributed by atoms with Gasteiger partial charge in [-0.3, -0.25) is 0 Å². The van der Waals surface area contributed by atoms with Gasteiger partial charge in [-0.1, -0.05) is 32.0 Å². The fourth-order valence-corrected chi connectivity index (χ4v) is 2.97. The number of aryl methyl sites for hydroxylation is 1. The highest BCUT2D eigenvalue weighted by atomic mass is 32.2. The number of hydrogen-bond acceptors (Lipinski definition) is 4. The second-order valence-corrected chi connectivity index (χ2v) is 5.98. The number of anilines is 1. The number of aromatic nitrogens is 2. The van der Waals surface area contributed by atoms with Crippen LogP contribution in [0.25, 0.3) is 0 Å². The third-order valence-electron chi connectivity index (χ3n) is 3.27. The maximum absolute atomic E-state index is 4.71. The van der Waals surface area contributed by atoms with E-state index in [4.69, 9.17) is 4.98 Å². The molecule has 1 N–H and O–H groups in total. The first-order valence-corrected chi connectivity index (χ1v) is 8.51. The van der Waals surface area contributed by atoms with E-state index in [0.29, 0.717) is 0 Å². The second kappa shape index (κ2) is 8.03. The summed E-state index contributed by atoms with van der Waals surface area (Å²) >= 11 is 1.78. The van der Waals surface area contributed by atoms with Crippen LogP contribution < -0.4 is 5.32 Å². The maximum Gasteiger partial charge on any atom is 0.141 e. The van der Waals surface area contributed by atoms with Gasteiger partial charge in [0.05, 0.1) is 5.75 Å². The number of thioether (sulfide) groups is 1. The van der Waals surface area contributed by atoms with E-state index in [1.807, 2.05) is 6.07 Å². The first-order valence-electron chi connectivity index (χ1n) is 7.52. The first kappa shape index (κ1) is 15.8. The molecule has 0 amide bonds. The fraction of sp³-hybridized carbons (Fsp3) is 0.412. The zero-order valence-electron chi connectivity index (χ0n) is 13.0. The molecule has 4 heteroatoms. The van der Waals surface area contributed by atoms with E-state index in [9.17, 15) is 0 Å². The van der Waals surface area contributed by atoms with Gasteiger partial charge in [0.25, 0.3) is 0 Å². The lowest BCUT2D eigenvalue weighted by Gasteiger charge is -2.13. The number of rotatable bonds is 7. The zero-order chi connectivity index (χ0) is 15.1. The lowest BCUT2D eigenvalue weighted by molar-refractivity contribution is 0.908. The SMILES string of the molecule is CCCNc1nc(CSc2ccccc2)nc(C)c1CC. The molecular weight excluding hydrogens is 278 g/mol. The van der Waals surface area contributed by atoms with Crippen LogP contribution in [-0.4, -0.2) is 16.5 Å². The van der Waals surface area contributed by atoms with Crippen molar-refractivity contribution in [3.8, 4) is 0 Å². The molecule has 112 valence electrons. The third-order valence-corrected chi connectivity index (χ3v) is 4.28. The summed E-state index contributed by atoms with van der Waals surface area (Å²) in [7, 11) is 0. The average Bonchev–Trinajstić information content (AvgIpc) is 2.51. The van der Waals surface area contributed by atoms with Crippen LogP contribution in [-0.2, 0) is 12.2 Å². The van der Waals surface area contributed by atoms with Crippen molar-refractivity contribution in [2.75, 3.05) is 11.9 Å². The molecule has 0 unspecified atom stereocenters. The lowest BCUT2D eigenvalue weighted by atomic mass is 10.1. The van der Waals surface area contributed by atoms with Gasteiger partial charge in [0.15, 0.2) is 0 Å². The summed E-state index contributed by atoms with van der Waals surface area (Å²) in [6.45, 7) is 7.35. The smallest absolute Gasteiger partial charge is 0.141 e. The topological polar surface area (TPSA) is 37.8 Å².